The number of imidazole rings is 1. The van der Waals surface area contributed by atoms with E-state index in [2.05, 4.69) is 11.6 Å². The summed E-state index contributed by atoms with van der Waals surface area (Å²) in [6.07, 6.45) is 4.05. The summed E-state index contributed by atoms with van der Waals surface area (Å²) in [4.78, 5) is 13.4. The highest BCUT2D eigenvalue weighted by atomic mass is 16.1. The van der Waals surface area contributed by atoms with Gasteiger partial charge in [0.15, 0.2) is 0 Å². The average molecular weight is 138 g/mol. The van der Waals surface area contributed by atoms with E-state index in [4.69, 9.17) is 0 Å². The van der Waals surface area contributed by atoms with E-state index >= 15 is 0 Å². The lowest BCUT2D eigenvalue weighted by atomic mass is 10.4. The molecule has 1 rings (SSSR count). The Morgan fingerprint density at radius 3 is 3.00 bits per heavy atom. The average Bonchev–Trinajstić information content (AvgIpc) is 2.30. The topological polar surface area (TPSA) is 37.8 Å². The summed E-state index contributed by atoms with van der Waals surface area (Å²) < 4.78 is 1.50. The zero-order valence-corrected chi connectivity index (χ0v) is 5.92. The number of hydrogen-bond donors (Lipinski definition) is 1. The smallest absolute Gasteiger partial charge is 0.312 e. The van der Waals surface area contributed by atoms with Crippen LogP contribution in [0.4, 0.5) is 0 Å². The first-order valence-corrected chi connectivity index (χ1v) is 3.21. The standard InChI is InChI=1S/C7H10N2O/c1-3-6-5-8-7(10)9(6)4-2/h4-5H,2-3H2,1H3,(H,8,10). The summed E-state index contributed by atoms with van der Waals surface area (Å²) in [7, 11) is 0. The van der Waals surface area contributed by atoms with Crippen LogP contribution in [0, 0.1) is 0 Å². The van der Waals surface area contributed by atoms with E-state index in [9.17, 15) is 4.79 Å². The molecule has 1 aromatic heterocycles. The van der Waals surface area contributed by atoms with Crippen LogP contribution in [0.2, 0.25) is 0 Å². The van der Waals surface area contributed by atoms with Gasteiger partial charge >= 0.3 is 5.69 Å². The fourth-order valence-electron chi connectivity index (χ4n) is 0.887. The molecule has 10 heavy (non-hydrogen) atoms. The van der Waals surface area contributed by atoms with Gasteiger partial charge in [-0.15, -0.1) is 0 Å². The Kier molecular flexibility index (Phi) is 1.76. The Hall–Kier alpha value is -1.25. The van der Waals surface area contributed by atoms with Crippen molar-refractivity contribution >= 4 is 6.20 Å². The zero-order chi connectivity index (χ0) is 7.56. The molecule has 0 aliphatic carbocycles. The van der Waals surface area contributed by atoms with Crippen molar-refractivity contribution in [3.63, 3.8) is 0 Å². The lowest BCUT2D eigenvalue weighted by Crippen LogP contribution is -2.12. The largest absolute Gasteiger partial charge is 0.329 e. The Morgan fingerprint density at radius 2 is 2.60 bits per heavy atom. The highest BCUT2D eigenvalue weighted by Crippen LogP contribution is 1.94. The van der Waals surface area contributed by atoms with Crippen molar-refractivity contribution < 1.29 is 0 Å². The van der Waals surface area contributed by atoms with Crippen LogP contribution in [-0.4, -0.2) is 9.55 Å². The molecule has 0 unspecified atom stereocenters. The Labute approximate surface area is 59.0 Å². The van der Waals surface area contributed by atoms with E-state index in [1.807, 2.05) is 6.92 Å². The van der Waals surface area contributed by atoms with Gasteiger partial charge in [-0.2, -0.15) is 0 Å². The second-order valence-electron chi connectivity index (χ2n) is 1.99. The lowest BCUT2D eigenvalue weighted by molar-refractivity contribution is 0.945. The predicted octanol–water partition coefficient (Wildman–Crippen LogP) is 0.839. The summed E-state index contributed by atoms with van der Waals surface area (Å²) >= 11 is 0. The highest BCUT2D eigenvalue weighted by molar-refractivity contribution is 5.20. The second-order valence-corrected chi connectivity index (χ2v) is 1.99. The van der Waals surface area contributed by atoms with Crippen molar-refractivity contribution in [1.82, 2.24) is 9.55 Å². The van der Waals surface area contributed by atoms with Crippen LogP contribution in [0.5, 0.6) is 0 Å². The van der Waals surface area contributed by atoms with Crippen LogP contribution < -0.4 is 5.69 Å². The van der Waals surface area contributed by atoms with Crippen LogP contribution in [0.15, 0.2) is 17.6 Å². The molecule has 3 heteroatoms. The summed E-state index contributed by atoms with van der Waals surface area (Å²) in [6, 6.07) is 0. The number of rotatable bonds is 2. The lowest BCUT2D eigenvalue weighted by Gasteiger charge is -1.93. The maximum Gasteiger partial charge on any atom is 0.329 e. The molecule has 0 saturated heterocycles. The van der Waals surface area contributed by atoms with Crippen molar-refractivity contribution in [2.24, 2.45) is 0 Å². The van der Waals surface area contributed by atoms with Crippen molar-refractivity contribution in [1.29, 1.82) is 0 Å². The van der Waals surface area contributed by atoms with Gasteiger partial charge in [0, 0.05) is 18.1 Å². The van der Waals surface area contributed by atoms with Gasteiger partial charge in [0.2, 0.25) is 0 Å². The fourth-order valence-corrected chi connectivity index (χ4v) is 0.887. The van der Waals surface area contributed by atoms with Crippen molar-refractivity contribution in [2.45, 2.75) is 13.3 Å². The van der Waals surface area contributed by atoms with E-state index in [0.29, 0.717) is 0 Å². The van der Waals surface area contributed by atoms with Crippen molar-refractivity contribution in [3.05, 3.63) is 29.0 Å². The minimum Gasteiger partial charge on any atom is -0.312 e. The SMILES string of the molecule is C=Cn1c(CC)c[nH]c1=O. The van der Waals surface area contributed by atoms with Crippen LogP contribution in [0.3, 0.4) is 0 Å². The summed E-state index contributed by atoms with van der Waals surface area (Å²) in [6.45, 7) is 5.50. The van der Waals surface area contributed by atoms with E-state index in [1.165, 1.54) is 10.8 Å². The molecule has 3 nitrogen and oxygen atoms in total. The van der Waals surface area contributed by atoms with Gasteiger partial charge in [0.25, 0.3) is 0 Å². The van der Waals surface area contributed by atoms with Crippen LogP contribution in [0.25, 0.3) is 6.20 Å². The molecule has 0 aliphatic heterocycles. The van der Waals surface area contributed by atoms with Gasteiger partial charge in [-0.25, -0.2) is 4.79 Å². The molecule has 0 amide bonds. The third-order valence-electron chi connectivity index (χ3n) is 1.44. The Bertz CT molecular complexity index is 282. The maximum absolute atomic E-state index is 10.9. The second kappa shape index (κ2) is 2.56. The molecule has 1 aromatic rings. The van der Waals surface area contributed by atoms with E-state index in [1.54, 1.807) is 6.20 Å². The molecule has 0 saturated carbocycles. The van der Waals surface area contributed by atoms with Gasteiger partial charge in [0.1, 0.15) is 0 Å². The molecule has 0 spiro atoms. The first kappa shape index (κ1) is 6.86. The van der Waals surface area contributed by atoms with Gasteiger partial charge < -0.3 is 4.98 Å². The Morgan fingerprint density at radius 1 is 1.90 bits per heavy atom. The number of hydrogen-bond acceptors (Lipinski definition) is 1. The van der Waals surface area contributed by atoms with Crippen LogP contribution in [0.1, 0.15) is 12.6 Å². The molecule has 0 atom stereocenters. The van der Waals surface area contributed by atoms with Crippen molar-refractivity contribution in [2.75, 3.05) is 0 Å². The number of H-pyrrole nitrogens is 1. The minimum absolute atomic E-state index is 0.119. The summed E-state index contributed by atoms with van der Waals surface area (Å²) in [5.74, 6) is 0. The van der Waals surface area contributed by atoms with Gasteiger partial charge in [-0.3, -0.25) is 4.57 Å². The third-order valence-corrected chi connectivity index (χ3v) is 1.44. The van der Waals surface area contributed by atoms with E-state index in [-0.39, 0.29) is 5.69 Å². The third kappa shape index (κ3) is 0.900. The number of aryl methyl sites for hydroxylation is 1. The molecule has 1 N–H and O–H groups in total. The van der Waals surface area contributed by atoms with Gasteiger partial charge in [-0.05, 0) is 6.42 Å². The number of aromatic amines is 1. The van der Waals surface area contributed by atoms with Crippen LogP contribution >= 0.6 is 0 Å². The first-order valence-electron chi connectivity index (χ1n) is 3.21. The predicted molar refractivity (Wildman–Crippen MR) is 40.8 cm³/mol. The minimum atomic E-state index is -0.119. The molecular formula is C7H10N2O. The first-order chi connectivity index (χ1) is 4.79. The maximum atomic E-state index is 10.9. The van der Waals surface area contributed by atoms with Gasteiger partial charge in [-0.1, -0.05) is 13.5 Å². The molecule has 54 valence electrons. The molecule has 1 heterocycles. The molecular weight excluding hydrogens is 128 g/mol. The highest BCUT2D eigenvalue weighted by Gasteiger charge is 1.97. The molecule has 0 fully saturated rings. The molecule has 0 aromatic carbocycles. The number of aromatic nitrogens is 2. The Balaban J connectivity index is 3.26. The van der Waals surface area contributed by atoms with Crippen molar-refractivity contribution in [3.8, 4) is 0 Å². The monoisotopic (exact) mass is 138 g/mol. The number of nitrogens with one attached hydrogen (secondary N) is 1. The van der Waals surface area contributed by atoms with Crippen LogP contribution in [-0.2, 0) is 6.42 Å². The molecule has 0 radical (unpaired) electrons. The summed E-state index contributed by atoms with van der Waals surface area (Å²) in [5, 5.41) is 0. The van der Waals surface area contributed by atoms with E-state index in [0.717, 1.165) is 12.1 Å². The molecule has 0 bridgehead atoms. The quantitative estimate of drug-likeness (QED) is 0.646. The number of nitrogens with zero attached hydrogens (tertiary/aromatic N) is 1. The summed E-state index contributed by atoms with van der Waals surface area (Å²) in [5.41, 5.74) is 0.840. The fraction of sp³-hybridized carbons (Fsp3) is 0.286. The zero-order valence-electron chi connectivity index (χ0n) is 5.92. The normalized spacial score (nSPS) is 9.70. The van der Waals surface area contributed by atoms with Gasteiger partial charge in [0.05, 0.1) is 0 Å². The van der Waals surface area contributed by atoms with E-state index < -0.39 is 0 Å². The molecule has 0 aliphatic rings.